The Morgan fingerprint density at radius 3 is 2.68 bits per heavy atom. The van der Waals surface area contributed by atoms with Crippen molar-refractivity contribution in [2.75, 3.05) is 12.4 Å². The van der Waals surface area contributed by atoms with Gasteiger partial charge in [0.2, 0.25) is 15.9 Å². The number of furan rings is 1. The first-order valence-corrected chi connectivity index (χ1v) is 9.30. The van der Waals surface area contributed by atoms with Gasteiger partial charge in [-0.3, -0.25) is 4.79 Å². The van der Waals surface area contributed by atoms with Gasteiger partial charge in [0.1, 0.15) is 11.5 Å². The molecule has 0 fully saturated rings. The van der Waals surface area contributed by atoms with Crippen LogP contribution in [-0.4, -0.2) is 27.5 Å². The molecule has 0 spiro atoms. The molecule has 2 rings (SSSR count). The normalized spacial score (nSPS) is 12.6. The Labute approximate surface area is 147 Å². The molecule has 1 aromatic heterocycles. The largest absolute Gasteiger partial charge is 0.495 e. The molecule has 0 aliphatic carbocycles. The molecule has 8 heteroatoms. The number of hydrogen-bond acceptors (Lipinski definition) is 5. The highest BCUT2D eigenvalue weighted by atomic mass is 32.2. The number of ether oxygens (including phenoxy) is 1. The van der Waals surface area contributed by atoms with Gasteiger partial charge in [-0.15, -0.1) is 0 Å². The SMILES string of the molecule is COc1ccc(S(=O)(=O)N[C@H](C)CCc2ccco2)cc1NC(C)=O. The first-order valence-electron chi connectivity index (χ1n) is 7.82. The molecule has 0 bridgehead atoms. The van der Waals surface area contributed by atoms with Crippen LogP contribution in [0.25, 0.3) is 0 Å². The average Bonchev–Trinajstić information content (AvgIpc) is 3.05. The number of benzene rings is 1. The molecule has 0 radical (unpaired) electrons. The third-order valence-electron chi connectivity index (χ3n) is 3.55. The van der Waals surface area contributed by atoms with Crippen molar-refractivity contribution >= 4 is 21.6 Å². The monoisotopic (exact) mass is 366 g/mol. The van der Waals surface area contributed by atoms with Crippen molar-refractivity contribution in [1.82, 2.24) is 4.72 Å². The summed E-state index contributed by atoms with van der Waals surface area (Å²) in [5.41, 5.74) is 0.307. The van der Waals surface area contributed by atoms with Crippen LogP contribution in [0.15, 0.2) is 45.9 Å². The van der Waals surface area contributed by atoms with Gasteiger partial charge in [-0.05, 0) is 43.7 Å². The van der Waals surface area contributed by atoms with Crippen LogP contribution in [0.3, 0.4) is 0 Å². The Kier molecular flexibility index (Phi) is 6.22. The van der Waals surface area contributed by atoms with Crippen LogP contribution in [0, 0.1) is 0 Å². The molecular weight excluding hydrogens is 344 g/mol. The van der Waals surface area contributed by atoms with Gasteiger partial charge in [0, 0.05) is 19.4 Å². The predicted molar refractivity (Wildman–Crippen MR) is 94.1 cm³/mol. The summed E-state index contributed by atoms with van der Waals surface area (Å²) in [5.74, 6) is 0.885. The molecular formula is C17H22N2O5S. The van der Waals surface area contributed by atoms with E-state index in [2.05, 4.69) is 10.0 Å². The Hall–Kier alpha value is -2.32. The van der Waals surface area contributed by atoms with Crippen molar-refractivity contribution in [3.63, 3.8) is 0 Å². The van der Waals surface area contributed by atoms with Crippen LogP contribution in [0.1, 0.15) is 26.0 Å². The molecule has 1 amide bonds. The van der Waals surface area contributed by atoms with E-state index in [1.54, 1.807) is 19.3 Å². The van der Waals surface area contributed by atoms with Crippen LogP contribution in [0.5, 0.6) is 5.75 Å². The number of aryl methyl sites for hydroxylation is 1. The highest BCUT2D eigenvalue weighted by Crippen LogP contribution is 2.27. The van der Waals surface area contributed by atoms with Gasteiger partial charge in [-0.25, -0.2) is 13.1 Å². The zero-order chi connectivity index (χ0) is 18.4. The van der Waals surface area contributed by atoms with E-state index in [0.29, 0.717) is 24.3 Å². The van der Waals surface area contributed by atoms with Gasteiger partial charge in [0.25, 0.3) is 0 Å². The zero-order valence-corrected chi connectivity index (χ0v) is 15.2. The first kappa shape index (κ1) is 19.0. The van der Waals surface area contributed by atoms with E-state index in [0.717, 1.165) is 5.76 Å². The third-order valence-corrected chi connectivity index (χ3v) is 5.14. The fourth-order valence-electron chi connectivity index (χ4n) is 2.35. The average molecular weight is 366 g/mol. The molecule has 0 unspecified atom stereocenters. The Morgan fingerprint density at radius 1 is 1.32 bits per heavy atom. The lowest BCUT2D eigenvalue weighted by Crippen LogP contribution is -2.33. The van der Waals surface area contributed by atoms with Crippen LogP contribution >= 0.6 is 0 Å². The van der Waals surface area contributed by atoms with E-state index < -0.39 is 10.0 Å². The summed E-state index contributed by atoms with van der Waals surface area (Å²) in [6.45, 7) is 3.13. The first-order chi connectivity index (χ1) is 11.8. The number of amides is 1. The van der Waals surface area contributed by atoms with Crippen molar-refractivity contribution < 1.29 is 22.4 Å². The van der Waals surface area contributed by atoms with Crippen LogP contribution in [0.4, 0.5) is 5.69 Å². The second-order valence-electron chi connectivity index (χ2n) is 5.68. The number of nitrogens with one attached hydrogen (secondary N) is 2. The summed E-state index contributed by atoms with van der Waals surface area (Å²) < 4.78 is 38.1. The van der Waals surface area contributed by atoms with Gasteiger partial charge in [0.15, 0.2) is 0 Å². The van der Waals surface area contributed by atoms with Crippen molar-refractivity contribution in [2.24, 2.45) is 0 Å². The molecule has 2 aromatic rings. The Morgan fingerprint density at radius 2 is 2.08 bits per heavy atom. The minimum atomic E-state index is -3.72. The number of carbonyl (C=O) groups is 1. The van der Waals surface area contributed by atoms with Crippen LogP contribution < -0.4 is 14.8 Å². The summed E-state index contributed by atoms with van der Waals surface area (Å²) in [6.07, 6.45) is 2.82. The van der Waals surface area contributed by atoms with Crippen molar-refractivity contribution in [3.8, 4) is 5.75 Å². The van der Waals surface area contributed by atoms with Gasteiger partial charge in [-0.2, -0.15) is 0 Å². The van der Waals surface area contributed by atoms with Crippen molar-refractivity contribution in [2.45, 2.75) is 37.6 Å². The van der Waals surface area contributed by atoms with E-state index in [1.165, 1.54) is 32.2 Å². The van der Waals surface area contributed by atoms with E-state index in [4.69, 9.17) is 9.15 Å². The summed E-state index contributed by atoms with van der Waals surface area (Å²) in [6, 6.07) is 7.69. The maximum absolute atomic E-state index is 12.6. The fraction of sp³-hybridized carbons (Fsp3) is 0.353. The van der Waals surface area contributed by atoms with E-state index in [1.807, 2.05) is 6.07 Å². The number of sulfonamides is 1. The third kappa shape index (κ3) is 5.33. The Bertz CT molecular complexity index is 816. The lowest BCUT2D eigenvalue weighted by molar-refractivity contribution is -0.114. The molecule has 25 heavy (non-hydrogen) atoms. The molecule has 0 saturated heterocycles. The van der Waals surface area contributed by atoms with E-state index >= 15 is 0 Å². The van der Waals surface area contributed by atoms with E-state index in [-0.39, 0.29) is 16.8 Å². The molecule has 2 N–H and O–H groups in total. The number of rotatable bonds is 8. The number of methoxy groups -OCH3 is 1. The highest BCUT2D eigenvalue weighted by Gasteiger charge is 2.19. The molecule has 0 aliphatic heterocycles. The Balaban J connectivity index is 2.11. The standard InChI is InChI=1S/C17H22N2O5S/c1-12(6-7-14-5-4-10-24-14)19-25(21,22)15-8-9-17(23-3)16(11-15)18-13(2)20/h4-5,8-12,19H,6-7H2,1-3H3,(H,18,20)/t12-/m1/s1. The second kappa shape index (κ2) is 8.17. The highest BCUT2D eigenvalue weighted by molar-refractivity contribution is 7.89. The number of hydrogen-bond donors (Lipinski definition) is 2. The molecule has 1 atom stereocenters. The maximum atomic E-state index is 12.6. The molecule has 0 saturated carbocycles. The topological polar surface area (TPSA) is 97.6 Å². The predicted octanol–water partition coefficient (Wildman–Crippen LogP) is 2.55. The summed E-state index contributed by atoms with van der Waals surface area (Å²) in [4.78, 5) is 11.3. The maximum Gasteiger partial charge on any atom is 0.240 e. The minimum absolute atomic E-state index is 0.0573. The lowest BCUT2D eigenvalue weighted by atomic mass is 10.2. The van der Waals surface area contributed by atoms with Crippen molar-refractivity contribution in [3.05, 3.63) is 42.4 Å². The van der Waals surface area contributed by atoms with Gasteiger partial charge in [0.05, 0.1) is 24.0 Å². The quantitative estimate of drug-likeness (QED) is 0.748. The fourth-order valence-corrected chi connectivity index (χ4v) is 3.65. The molecule has 7 nitrogen and oxygen atoms in total. The smallest absolute Gasteiger partial charge is 0.240 e. The molecule has 136 valence electrons. The van der Waals surface area contributed by atoms with Gasteiger partial charge in [-0.1, -0.05) is 0 Å². The summed E-state index contributed by atoms with van der Waals surface area (Å²) in [5, 5.41) is 2.57. The van der Waals surface area contributed by atoms with E-state index in [9.17, 15) is 13.2 Å². The molecule has 1 aromatic carbocycles. The van der Waals surface area contributed by atoms with Crippen LogP contribution in [0.2, 0.25) is 0 Å². The molecule has 1 heterocycles. The molecule has 0 aliphatic rings. The summed E-state index contributed by atoms with van der Waals surface area (Å²) >= 11 is 0. The van der Waals surface area contributed by atoms with Crippen molar-refractivity contribution in [1.29, 1.82) is 0 Å². The van der Waals surface area contributed by atoms with Gasteiger partial charge >= 0.3 is 0 Å². The minimum Gasteiger partial charge on any atom is -0.495 e. The lowest BCUT2D eigenvalue weighted by Gasteiger charge is -2.15. The second-order valence-corrected chi connectivity index (χ2v) is 7.40. The number of carbonyl (C=O) groups excluding carboxylic acids is 1. The number of anilines is 1. The zero-order valence-electron chi connectivity index (χ0n) is 14.4. The summed E-state index contributed by atoms with van der Waals surface area (Å²) in [7, 11) is -2.27. The van der Waals surface area contributed by atoms with Gasteiger partial charge < -0.3 is 14.5 Å². The van der Waals surface area contributed by atoms with Crippen LogP contribution in [-0.2, 0) is 21.2 Å².